The molecule has 6 nitrogen and oxygen atoms in total. The van der Waals surface area contributed by atoms with E-state index in [1.165, 1.54) is 11.8 Å². The molecule has 0 radical (unpaired) electrons. The Balaban J connectivity index is 0.00000171. The third kappa shape index (κ3) is 4.91. The largest absolute Gasteiger partial charge is 1.00 e. The number of aromatic nitrogens is 2. The van der Waals surface area contributed by atoms with E-state index >= 15 is 0 Å². The van der Waals surface area contributed by atoms with Crippen molar-refractivity contribution < 1.29 is 48.6 Å². The van der Waals surface area contributed by atoms with Crippen molar-refractivity contribution in [1.82, 2.24) is 9.55 Å². The summed E-state index contributed by atoms with van der Waals surface area (Å²) in [7, 11) is 0. The molecule has 0 aliphatic heterocycles. The molecule has 2 N–H and O–H groups in total. The molecular weight excluding hydrogens is 459 g/mol. The van der Waals surface area contributed by atoms with Gasteiger partial charge in [0.05, 0.1) is 20.8 Å². The zero-order valence-electron chi connectivity index (χ0n) is 16.9. The van der Waals surface area contributed by atoms with E-state index in [0.717, 1.165) is 0 Å². The fourth-order valence-corrected chi connectivity index (χ4v) is 4.83. The molecule has 0 saturated heterocycles. The Morgan fingerprint density at radius 2 is 1.97 bits per heavy atom. The van der Waals surface area contributed by atoms with Gasteiger partial charge in [0.15, 0.2) is 5.43 Å². The number of thioether (sulfide) groups is 1. The summed E-state index contributed by atoms with van der Waals surface area (Å²) in [6, 6.07) is 6.59. The molecule has 2 heterocycles. The van der Waals surface area contributed by atoms with Crippen LogP contribution in [0.4, 0.5) is 14.6 Å². The van der Waals surface area contributed by atoms with Crippen molar-refractivity contribution >= 4 is 57.4 Å². The van der Waals surface area contributed by atoms with E-state index in [9.17, 15) is 18.4 Å². The van der Waals surface area contributed by atoms with Crippen LogP contribution >= 0.6 is 23.4 Å². The summed E-state index contributed by atoms with van der Waals surface area (Å²) in [6.45, 7) is 0.250. The smallest absolute Gasteiger partial charge is 0.870 e. The summed E-state index contributed by atoms with van der Waals surface area (Å²) in [6.07, 6.45) is 3.43. The molecule has 0 unspecified atom stereocenters. The first kappa shape index (κ1) is 26.0. The number of alkyl halides is 2. The van der Waals surface area contributed by atoms with Gasteiger partial charge in [0, 0.05) is 24.8 Å². The van der Waals surface area contributed by atoms with Gasteiger partial charge in [0.2, 0.25) is 5.92 Å². The van der Waals surface area contributed by atoms with Gasteiger partial charge >= 0.3 is 29.6 Å². The Labute approximate surface area is 208 Å². The minimum absolute atomic E-state index is 0. The third-order valence-corrected chi connectivity index (χ3v) is 6.40. The van der Waals surface area contributed by atoms with Crippen LogP contribution in [0.15, 0.2) is 34.0 Å². The summed E-state index contributed by atoms with van der Waals surface area (Å²) in [5, 5.41) is 4.35. The first-order valence-corrected chi connectivity index (χ1v) is 10.6. The van der Waals surface area contributed by atoms with Crippen LogP contribution in [0, 0.1) is 5.92 Å². The van der Waals surface area contributed by atoms with E-state index in [1.807, 2.05) is 12.5 Å². The molecule has 1 saturated carbocycles. The van der Waals surface area contributed by atoms with Crippen molar-refractivity contribution in [3.05, 3.63) is 39.5 Å². The average molecular weight is 477 g/mol. The van der Waals surface area contributed by atoms with Crippen molar-refractivity contribution in [2.45, 2.75) is 30.2 Å². The summed E-state index contributed by atoms with van der Waals surface area (Å²) < 4.78 is 27.7. The molecular formula is C20H18ClF2N3NaO3S-. The molecule has 31 heavy (non-hydrogen) atoms. The number of nitrogens with one attached hydrogen (secondary N) is 1. The number of fused-ring (bicyclic) bond motifs is 2. The molecule has 0 amide bonds. The SMILES string of the molecule is CSc1c(Cl)ccc2c(=O)c3ccc(NCC4CC(F)(F)C4)nc3n(C[C-]=O)c12.[Na+].[OH-]. The number of hydrogen-bond acceptors (Lipinski definition) is 6. The molecule has 1 fully saturated rings. The van der Waals surface area contributed by atoms with Crippen LogP contribution in [0.2, 0.25) is 5.02 Å². The van der Waals surface area contributed by atoms with Crippen LogP contribution in [0.3, 0.4) is 0 Å². The van der Waals surface area contributed by atoms with Crippen molar-refractivity contribution in [2.24, 2.45) is 5.92 Å². The van der Waals surface area contributed by atoms with Gasteiger partial charge in [-0.2, -0.15) is 0 Å². The van der Waals surface area contributed by atoms with Crippen molar-refractivity contribution in [3.63, 3.8) is 0 Å². The van der Waals surface area contributed by atoms with E-state index < -0.39 is 5.92 Å². The summed E-state index contributed by atoms with van der Waals surface area (Å²) in [5.74, 6) is -2.24. The number of nitrogens with zero attached hydrogens (tertiary/aromatic N) is 2. The number of rotatable bonds is 6. The Bertz CT molecular complexity index is 1180. The van der Waals surface area contributed by atoms with Crippen LogP contribution in [-0.4, -0.2) is 40.0 Å². The molecule has 11 heteroatoms. The zero-order chi connectivity index (χ0) is 20.8. The fourth-order valence-electron chi connectivity index (χ4n) is 3.77. The van der Waals surface area contributed by atoms with Gasteiger partial charge in [-0.1, -0.05) is 18.1 Å². The number of halogens is 3. The second-order valence-corrected chi connectivity index (χ2v) is 8.34. The minimum atomic E-state index is -2.57. The van der Waals surface area contributed by atoms with E-state index in [4.69, 9.17) is 11.6 Å². The maximum absolute atomic E-state index is 13.0. The Morgan fingerprint density at radius 1 is 1.29 bits per heavy atom. The number of hydrogen-bond donors (Lipinski definition) is 1. The monoisotopic (exact) mass is 476 g/mol. The molecule has 0 atom stereocenters. The van der Waals surface area contributed by atoms with Crippen molar-refractivity contribution in [2.75, 3.05) is 18.1 Å². The van der Waals surface area contributed by atoms with Gasteiger partial charge in [-0.25, -0.2) is 20.1 Å². The normalized spacial score (nSPS) is 15.1. The molecule has 2 aromatic heterocycles. The van der Waals surface area contributed by atoms with Crippen LogP contribution in [-0.2, 0) is 11.3 Å². The summed E-state index contributed by atoms with van der Waals surface area (Å²) >= 11 is 7.69. The molecule has 0 bridgehead atoms. The fraction of sp³-hybridized carbons (Fsp3) is 0.350. The molecule has 1 aliphatic carbocycles. The molecule has 160 valence electrons. The molecule has 4 rings (SSSR count). The number of pyridine rings is 2. The second kappa shape index (κ2) is 10.1. The Morgan fingerprint density at radius 3 is 2.58 bits per heavy atom. The van der Waals surface area contributed by atoms with E-state index in [0.29, 0.717) is 44.2 Å². The third-order valence-electron chi connectivity index (χ3n) is 5.15. The van der Waals surface area contributed by atoms with Gasteiger partial charge in [0.1, 0.15) is 11.5 Å². The Kier molecular flexibility index (Phi) is 8.52. The van der Waals surface area contributed by atoms with Crippen LogP contribution in [0.1, 0.15) is 12.8 Å². The van der Waals surface area contributed by atoms with E-state index in [1.54, 1.807) is 28.8 Å². The van der Waals surface area contributed by atoms with Crippen LogP contribution in [0.5, 0.6) is 0 Å². The maximum Gasteiger partial charge on any atom is 1.00 e. The second-order valence-electron chi connectivity index (χ2n) is 7.12. The molecule has 1 aromatic carbocycles. The molecule has 1 aliphatic rings. The molecule has 0 spiro atoms. The van der Waals surface area contributed by atoms with Gasteiger partial charge in [-0.15, -0.1) is 11.8 Å². The quantitative estimate of drug-likeness (QED) is 0.250. The number of carbonyl (C=O) groups excluding carboxylic acids is 1. The van der Waals surface area contributed by atoms with Crippen molar-refractivity contribution in [1.29, 1.82) is 0 Å². The number of benzene rings is 1. The van der Waals surface area contributed by atoms with Gasteiger partial charge in [0.25, 0.3) is 0 Å². The maximum atomic E-state index is 13.0. The topological polar surface area (TPSA) is 94.0 Å². The zero-order valence-corrected chi connectivity index (χ0v) is 20.5. The van der Waals surface area contributed by atoms with Crippen LogP contribution in [0.25, 0.3) is 21.9 Å². The van der Waals surface area contributed by atoms with E-state index in [-0.39, 0.29) is 65.8 Å². The minimum Gasteiger partial charge on any atom is -0.870 e. The van der Waals surface area contributed by atoms with Crippen molar-refractivity contribution in [3.8, 4) is 0 Å². The van der Waals surface area contributed by atoms with Gasteiger partial charge in [-0.05, 0) is 36.4 Å². The van der Waals surface area contributed by atoms with Gasteiger partial charge < -0.3 is 20.2 Å². The summed E-state index contributed by atoms with van der Waals surface area (Å²) in [4.78, 5) is 29.5. The van der Waals surface area contributed by atoms with Gasteiger partial charge in [-0.3, -0.25) is 4.79 Å². The predicted molar refractivity (Wildman–Crippen MR) is 114 cm³/mol. The summed E-state index contributed by atoms with van der Waals surface area (Å²) in [5.41, 5.74) is 0.656. The Hall–Kier alpha value is -1.23. The number of anilines is 1. The molecule has 3 aromatic rings. The first-order chi connectivity index (χ1) is 13.8. The van der Waals surface area contributed by atoms with Crippen LogP contribution < -0.4 is 40.3 Å². The average Bonchev–Trinajstić information content (AvgIpc) is 2.67. The predicted octanol–water partition coefficient (Wildman–Crippen LogP) is 1.32. The van der Waals surface area contributed by atoms with E-state index in [2.05, 4.69) is 10.3 Å². The standard InChI is InChI=1S/C20H17ClF2N3O2S.Na.H2O/c1-29-18-14(21)4-2-12-16(18)26(6-7-27)19-13(17(12)28)3-5-15(25-19)24-10-11-8-20(22,23)9-11;;/h2-5,11H,6,8-10H2,1H3,(H,24,25);;1H2/q-1;+1;/p-1. The first-order valence-electron chi connectivity index (χ1n) is 9.01.